The largest absolute Gasteiger partial charge is 0.388 e. The highest BCUT2D eigenvalue weighted by molar-refractivity contribution is 5.35. The smallest absolute Gasteiger partial charge is 0.148 e. The first kappa shape index (κ1) is 11.8. The summed E-state index contributed by atoms with van der Waals surface area (Å²) in [4.78, 5) is 4.26. The van der Waals surface area contributed by atoms with E-state index in [2.05, 4.69) is 10.1 Å². The fourth-order valence-corrected chi connectivity index (χ4v) is 1.84. The number of rotatable bonds is 3. The van der Waals surface area contributed by atoms with E-state index in [1.807, 2.05) is 45.0 Å². The second-order valence-electron chi connectivity index (χ2n) is 4.13. The molecule has 90 valence electrons. The molecule has 0 saturated heterocycles. The van der Waals surface area contributed by atoms with Crippen LogP contribution in [0.25, 0.3) is 5.69 Å². The van der Waals surface area contributed by atoms with E-state index in [-0.39, 0.29) is 6.10 Å². The van der Waals surface area contributed by atoms with Crippen LogP contribution in [0.3, 0.4) is 0 Å². The van der Waals surface area contributed by atoms with Crippen LogP contribution in [0.4, 0.5) is 0 Å². The first-order valence-electron chi connectivity index (χ1n) is 5.80. The van der Waals surface area contributed by atoms with Gasteiger partial charge in [0.1, 0.15) is 11.6 Å². The van der Waals surface area contributed by atoms with Crippen molar-refractivity contribution in [2.75, 3.05) is 0 Å². The lowest BCUT2D eigenvalue weighted by molar-refractivity contribution is 0.173. The molecule has 17 heavy (non-hydrogen) atoms. The Bertz CT molecular complexity index is 502. The van der Waals surface area contributed by atoms with Crippen molar-refractivity contribution in [1.29, 1.82) is 0 Å². The molecule has 0 radical (unpaired) electrons. The second kappa shape index (κ2) is 4.67. The summed E-state index contributed by atoms with van der Waals surface area (Å²) in [5, 5.41) is 14.0. The van der Waals surface area contributed by atoms with Gasteiger partial charge in [-0.15, -0.1) is 0 Å². The number of aryl methyl sites for hydroxylation is 2. The third-order valence-electron chi connectivity index (χ3n) is 2.78. The van der Waals surface area contributed by atoms with Crippen LogP contribution in [-0.4, -0.2) is 19.9 Å². The van der Waals surface area contributed by atoms with Gasteiger partial charge in [-0.05, 0) is 38.0 Å². The van der Waals surface area contributed by atoms with Gasteiger partial charge in [0, 0.05) is 0 Å². The van der Waals surface area contributed by atoms with Gasteiger partial charge in [0.05, 0.1) is 11.8 Å². The molecule has 0 spiro atoms. The number of hydrogen-bond donors (Lipinski definition) is 1. The van der Waals surface area contributed by atoms with Crippen LogP contribution in [-0.2, 0) is 0 Å². The van der Waals surface area contributed by atoms with Crippen LogP contribution in [0.5, 0.6) is 0 Å². The summed E-state index contributed by atoms with van der Waals surface area (Å²) in [6.07, 6.45) is 0.337. The Labute approximate surface area is 101 Å². The Morgan fingerprint density at radius 2 is 1.88 bits per heavy atom. The average Bonchev–Trinajstić information content (AvgIpc) is 2.68. The van der Waals surface area contributed by atoms with E-state index in [9.17, 15) is 5.11 Å². The normalized spacial score (nSPS) is 12.7. The first-order valence-corrected chi connectivity index (χ1v) is 5.80. The minimum Gasteiger partial charge on any atom is -0.388 e. The van der Waals surface area contributed by atoms with E-state index < -0.39 is 0 Å². The highest BCUT2D eigenvalue weighted by atomic mass is 16.3. The number of benzene rings is 1. The standard InChI is InChI=1S/C13H17N3O/c1-4-13(17)11-5-7-12(8-6-11)16-10(3)14-9(2)15-16/h5-8,13,17H,4H2,1-3H3. The molecule has 1 N–H and O–H groups in total. The number of hydrogen-bond acceptors (Lipinski definition) is 3. The third kappa shape index (κ3) is 2.36. The summed E-state index contributed by atoms with van der Waals surface area (Å²) < 4.78 is 1.80. The molecule has 4 heteroatoms. The van der Waals surface area contributed by atoms with Gasteiger partial charge >= 0.3 is 0 Å². The molecule has 0 amide bonds. The van der Waals surface area contributed by atoms with Crippen molar-refractivity contribution in [1.82, 2.24) is 14.8 Å². The van der Waals surface area contributed by atoms with E-state index >= 15 is 0 Å². The number of aliphatic hydroxyl groups excluding tert-OH is 1. The molecule has 1 unspecified atom stereocenters. The molecule has 0 bridgehead atoms. The monoisotopic (exact) mass is 231 g/mol. The Balaban J connectivity index is 2.32. The molecule has 0 fully saturated rings. The summed E-state index contributed by atoms with van der Waals surface area (Å²) in [6.45, 7) is 5.76. The zero-order valence-electron chi connectivity index (χ0n) is 10.4. The lowest BCUT2D eigenvalue weighted by Gasteiger charge is -2.09. The van der Waals surface area contributed by atoms with Crippen LogP contribution in [0, 0.1) is 13.8 Å². The van der Waals surface area contributed by atoms with Gasteiger partial charge in [-0.1, -0.05) is 19.1 Å². The van der Waals surface area contributed by atoms with Crippen LogP contribution in [0.2, 0.25) is 0 Å². The van der Waals surface area contributed by atoms with Crippen molar-refractivity contribution in [2.45, 2.75) is 33.3 Å². The molecule has 2 rings (SSSR count). The Kier molecular flexibility index (Phi) is 3.24. The maximum absolute atomic E-state index is 9.71. The number of aliphatic hydroxyl groups is 1. The highest BCUT2D eigenvalue weighted by Gasteiger charge is 2.07. The zero-order valence-corrected chi connectivity index (χ0v) is 10.4. The molecular formula is C13H17N3O. The van der Waals surface area contributed by atoms with Crippen LogP contribution >= 0.6 is 0 Å². The minimum atomic E-state index is -0.386. The third-order valence-corrected chi connectivity index (χ3v) is 2.78. The summed E-state index contributed by atoms with van der Waals surface area (Å²) in [5.41, 5.74) is 1.90. The lowest BCUT2D eigenvalue weighted by Crippen LogP contribution is -2.01. The number of aromatic nitrogens is 3. The summed E-state index contributed by atoms with van der Waals surface area (Å²) in [6, 6.07) is 7.77. The zero-order chi connectivity index (χ0) is 12.4. The Morgan fingerprint density at radius 3 is 2.35 bits per heavy atom. The van der Waals surface area contributed by atoms with E-state index in [4.69, 9.17) is 0 Å². The molecule has 1 aromatic heterocycles. The van der Waals surface area contributed by atoms with Gasteiger partial charge in [-0.25, -0.2) is 9.67 Å². The lowest BCUT2D eigenvalue weighted by atomic mass is 10.1. The van der Waals surface area contributed by atoms with E-state index in [1.54, 1.807) is 4.68 Å². The quantitative estimate of drug-likeness (QED) is 0.882. The highest BCUT2D eigenvalue weighted by Crippen LogP contribution is 2.18. The molecule has 0 saturated carbocycles. The fourth-order valence-electron chi connectivity index (χ4n) is 1.84. The second-order valence-corrected chi connectivity index (χ2v) is 4.13. The molecule has 4 nitrogen and oxygen atoms in total. The predicted octanol–water partition coefficient (Wildman–Crippen LogP) is 2.33. The summed E-state index contributed by atoms with van der Waals surface area (Å²) >= 11 is 0. The maximum Gasteiger partial charge on any atom is 0.148 e. The van der Waals surface area contributed by atoms with E-state index in [1.165, 1.54) is 0 Å². The van der Waals surface area contributed by atoms with Crippen molar-refractivity contribution in [3.05, 3.63) is 41.5 Å². The summed E-state index contributed by atoms with van der Waals surface area (Å²) in [7, 11) is 0. The first-order chi connectivity index (χ1) is 8.11. The predicted molar refractivity (Wildman–Crippen MR) is 66.1 cm³/mol. The molecule has 2 aromatic rings. The van der Waals surface area contributed by atoms with Crippen molar-refractivity contribution >= 4 is 0 Å². The van der Waals surface area contributed by atoms with Gasteiger partial charge in [-0.2, -0.15) is 5.10 Å². The maximum atomic E-state index is 9.71. The Hall–Kier alpha value is -1.68. The van der Waals surface area contributed by atoms with Crippen molar-refractivity contribution in [3.8, 4) is 5.69 Å². The summed E-state index contributed by atoms with van der Waals surface area (Å²) in [5.74, 6) is 1.63. The van der Waals surface area contributed by atoms with Crippen molar-refractivity contribution in [3.63, 3.8) is 0 Å². The average molecular weight is 231 g/mol. The van der Waals surface area contributed by atoms with E-state index in [0.29, 0.717) is 0 Å². The van der Waals surface area contributed by atoms with Gasteiger partial charge in [-0.3, -0.25) is 0 Å². The number of nitrogens with zero attached hydrogens (tertiary/aromatic N) is 3. The van der Waals surface area contributed by atoms with Crippen LogP contribution in [0.1, 0.15) is 36.7 Å². The molecule has 1 heterocycles. The van der Waals surface area contributed by atoms with Gasteiger partial charge in [0.15, 0.2) is 0 Å². The van der Waals surface area contributed by atoms with Crippen molar-refractivity contribution in [2.24, 2.45) is 0 Å². The molecular weight excluding hydrogens is 214 g/mol. The minimum absolute atomic E-state index is 0.386. The van der Waals surface area contributed by atoms with Crippen LogP contribution < -0.4 is 0 Å². The molecule has 0 aliphatic heterocycles. The van der Waals surface area contributed by atoms with Crippen molar-refractivity contribution < 1.29 is 5.11 Å². The Morgan fingerprint density at radius 1 is 1.24 bits per heavy atom. The van der Waals surface area contributed by atoms with Gasteiger partial charge < -0.3 is 5.11 Å². The molecule has 0 aliphatic rings. The molecule has 1 atom stereocenters. The fraction of sp³-hybridized carbons (Fsp3) is 0.385. The SMILES string of the molecule is CCC(O)c1ccc(-n2nc(C)nc2C)cc1. The molecule has 1 aromatic carbocycles. The molecule has 0 aliphatic carbocycles. The van der Waals surface area contributed by atoms with E-state index in [0.717, 1.165) is 29.3 Å². The van der Waals surface area contributed by atoms with Gasteiger partial charge in [0.25, 0.3) is 0 Å². The topological polar surface area (TPSA) is 50.9 Å². The van der Waals surface area contributed by atoms with Crippen LogP contribution in [0.15, 0.2) is 24.3 Å². The van der Waals surface area contributed by atoms with Gasteiger partial charge in [0.2, 0.25) is 0 Å².